The quantitative estimate of drug-likeness (QED) is 0.665. The number of amides is 1. The number of halogens is 1. The lowest BCUT2D eigenvalue weighted by Crippen LogP contribution is -2.51. The van der Waals surface area contributed by atoms with Gasteiger partial charge in [0.25, 0.3) is 0 Å². The van der Waals surface area contributed by atoms with E-state index < -0.39 is 4.32 Å². The minimum absolute atomic E-state index is 0.219. The molecule has 0 aromatic carbocycles. The molecule has 14 heavy (non-hydrogen) atoms. The molecule has 1 rings (SSSR count). The molecule has 0 aliphatic carbocycles. The number of piperidine rings is 1. The maximum absolute atomic E-state index is 12.1. The Labute approximate surface area is 95.2 Å². The Bertz CT molecular complexity index is 222. The Kier molecular flexibility index (Phi) is 3.62. The summed E-state index contributed by atoms with van der Waals surface area (Å²) in [6.07, 6.45) is 2.38. The third kappa shape index (κ3) is 2.50. The SMILES string of the molecule is CC1CCCN(C(=O)C(C)(C)Br)C1C. The van der Waals surface area contributed by atoms with Gasteiger partial charge in [-0.25, -0.2) is 0 Å². The molecule has 1 aliphatic heterocycles. The smallest absolute Gasteiger partial charge is 0.239 e. The van der Waals surface area contributed by atoms with Crippen LogP contribution in [0.15, 0.2) is 0 Å². The number of hydrogen-bond acceptors (Lipinski definition) is 1. The van der Waals surface area contributed by atoms with Crippen LogP contribution >= 0.6 is 15.9 Å². The predicted molar refractivity (Wildman–Crippen MR) is 62.6 cm³/mol. The summed E-state index contributed by atoms with van der Waals surface area (Å²) < 4.78 is -0.418. The van der Waals surface area contributed by atoms with Gasteiger partial charge < -0.3 is 4.90 Å². The van der Waals surface area contributed by atoms with Crippen LogP contribution in [0.25, 0.3) is 0 Å². The van der Waals surface area contributed by atoms with Gasteiger partial charge in [0, 0.05) is 12.6 Å². The van der Waals surface area contributed by atoms with Crippen LogP contribution in [0.1, 0.15) is 40.5 Å². The number of nitrogens with zero attached hydrogens (tertiary/aromatic N) is 1. The first-order chi connectivity index (χ1) is 6.34. The van der Waals surface area contributed by atoms with E-state index in [2.05, 4.69) is 29.8 Å². The zero-order valence-electron chi connectivity index (χ0n) is 9.51. The molecule has 0 aromatic heterocycles. The number of alkyl halides is 1. The summed E-state index contributed by atoms with van der Waals surface area (Å²) >= 11 is 3.44. The highest BCUT2D eigenvalue weighted by atomic mass is 79.9. The van der Waals surface area contributed by atoms with Crippen LogP contribution in [0.5, 0.6) is 0 Å². The zero-order valence-corrected chi connectivity index (χ0v) is 11.1. The van der Waals surface area contributed by atoms with Crippen molar-refractivity contribution in [2.24, 2.45) is 5.92 Å². The van der Waals surface area contributed by atoms with Gasteiger partial charge in [-0.05, 0) is 39.5 Å². The molecule has 82 valence electrons. The van der Waals surface area contributed by atoms with Crippen LogP contribution in [-0.4, -0.2) is 27.7 Å². The minimum Gasteiger partial charge on any atom is -0.339 e. The molecular weight excluding hydrogens is 242 g/mol. The third-order valence-electron chi connectivity index (χ3n) is 3.14. The van der Waals surface area contributed by atoms with Gasteiger partial charge in [-0.2, -0.15) is 0 Å². The molecular formula is C11H20BrNO. The van der Waals surface area contributed by atoms with E-state index in [0.717, 1.165) is 13.0 Å². The van der Waals surface area contributed by atoms with Gasteiger partial charge in [0.15, 0.2) is 0 Å². The number of carbonyl (C=O) groups excluding carboxylic acids is 1. The number of carbonyl (C=O) groups is 1. The molecule has 1 amide bonds. The summed E-state index contributed by atoms with van der Waals surface area (Å²) in [6, 6.07) is 0.382. The van der Waals surface area contributed by atoms with Crippen molar-refractivity contribution in [1.29, 1.82) is 0 Å². The first-order valence-corrected chi connectivity index (χ1v) is 6.13. The zero-order chi connectivity index (χ0) is 10.9. The lowest BCUT2D eigenvalue weighted by molar-refractivity contribution is -0.137. The summed E-state index contributed by atoms with van der Waals surface area (Å²) in [7, 11) is 0. The Balaban J connectivity index is 2.72. The molecule has 0 aromatic rings. The van der Waals surface area contributed by atoms with E-state index >= 15 is 0 Å². The van der Waals surface area contributed by atoms with E-state index in [0.29, 0.717) is 12.0 Å². The second-order valence-electron chi connectivity index (χ2n) is 4.83. The fourth-order valence-corrected chi connectivity index (χ4v) is 2.19. The van der Waals surface area contributed by atoms with Crippen LogP contribution in [-0.2, 0) is 4.79 Å². The Morgan fingerprint density at radius 3 is 2.50 bits per heavy atom. The van der Waals surface area contributed by atoms with E-state index in [-0.39, 0.29) is 5.91 Å². The van der Waals surface area contributed by atoms with Crippen LogP contribution in [0.3, 0.4) is 0 Å². The molecule has 2 nitrogen and oxygen atoms in total. The summed E-state index contributed by atoms with van der Waals surface area (Å²) in [5.74, 6) is 0.846. The van der Waals surface area contributed by atoms with Crippen molar-refractivity contribution in [1.82, 2.24) is 4.90 Å². The van der Waals surface area contributed by atoms with Crippen LogP contribution in [0.4, 0.5) is 0 Å². The summed E-state index contributed by atoms with van der Waals surface area (Å²) in [5, 5.41) is 0. The van der Waals surface area contributed by atoms with E-state index in [9.17, 15) is 4.79 Å². The first kappa shape index (κ1) is 12.0. The summed E-state index contributed by atoms with van der Waals surface area (Å²) in [4.78, 5) is 14.1. The highest BCUT2D eigenvalue weighted by molar-refractivity contribution is 9.10. The van der Waals surface area contributed by atoms with Gasteiger partial charge in [-0.3, -0.25) is 4.79 Å². The first-order valence-electron chi connectivity index (χ1n) is 5.34. The maximum Gasteiger partial charge on any atom is 0.239 e. The van der Waals surface area contributed by atoms with Gasteiger partial charge in [0.2, 0.25) is 5.91 Å². The number of hydrogen-bond donors (Lipinski definition) is 0. The third-order valence-corrected chi connectivity index (χ3v) is 3.48. The van der Waals surface area contributed by atoms with Crippen molar-refractivity contribution in [2.45, 2.75) is 50.9 Å². The normalized spacial score (nSPS) is 29.1. The molecule has 0 radical (unpaired) electrons. The molecule has 2 atom stereocenters. The highest BCUT2D eigenvalue weighted by Crippen LogP contribution is 2.28. The summed E-state index contributed by atoms with van der Waals surface area (Å²) in [6.45, 7) is 9.13. The van der Waals surface area contributed by atoms with Gasteiger partial charge in [-0.1, -0.05) is 22.9 Å². The standard InChI is InChI=1S/C11H20BrNO/c1-8-6-5-7-13(9(8)2)10(14)11(3,4)12/h8-9H,5-7H2,1-4H3. The fourth-order valence-electron chi connectivity index (χ4n) is 1.96. The Hall–Kier alpha value is -0.0500. The van der Waals surface area contributed by atoms with E-state index in [1.165, 1.54) is 6.42 Å². The fraction of sp³-hybridized carbons (Fsp3) is 0.909. The average Bonchev–Trinajstić information content (AvgIpc) is 2.07. The number of likely N-dealkylation sites (tertiary alicyclic amines) is 1. The molecule has 0 saturated carbocycles. The van der Waals surface area contributed by atoms with Crippen molar-refractivity contribution in [2.75, 3.05) is 6.54 Å². The van der Waals surface area contributed by atoms with Crippen molar-refractivity contribution in [3.63, 3.8) is 0 Å². The lowest BCUT2D eigenvalue weighted by Gasteiger charge is -2.40. The van der Waals surface area contributed by atoms with Crippen molar-refractivity contribution in [3.05, 3.63) is 0 Å². The highest BCUT2D eigenvalue weighted by Gasteiger charge is 2.35. The van der Waals surface area contributed by atoms with Gasteiger partial charge in [0.05, 0.1) is 4.32 Å². The molecule has 0 bridgehead atoms. The maximum atomic E-state index is 12.1. The largest absolute Gasteiger partial charge is 0.339 e. The number of rotatable bonds is 1. The second-order valence-corrected chi connectivity index (χ2v) is 6.81. The molecule has 0 spiro atoms. The van der Waals surface area contributed by atoms with Crippen LogP contribution < -0.4 is 0 Å². The average molecular weight is 262 g/mol. The lowest BCUT2D eigenvalue weighted by atomic mass is 9.91. The van der Waals surface area contributed by atoms with Crippen molar-refractivity contribution >= 4 is 21.8 Å². The van der Waals surface area contributed by atoms with Crippen LogP contribution in [0.2, 0.25) is 0 Å². The Morgan fingerprint density at radius 2 is 2.00 bits per heavy atom. The predicted octanol–water partition coefficient (Wildman–Crippen LogP) is 2.81. The summed E-state index contributed by atoms with van der Waals surface area (Å²) in [5.41, 5.74) is 0. The molecule has 3 heteroatoms. The minimum atomic E-state index is -0.418. The molecule has 1 aliphatic rings. The van der Waals surface area contributed by atoms with Crippen LogP contribution in [0, 0.1) is 5.92 Å². The van der Waals surface area contributed by atoms with Gasteiger partial charge in [-0.15, -0.1) is 0 Å². The Morgan fingerprint density at radius 1 is 1.43 bits per heavy atom. The van der Waals surface area contributed by atoms with Crippen molar-refractivity contribution < 1.29 is 4.79 Å². The van der Waals surface area contributed by atoms with Gasteiger partial charge >= 0.3 is 0 Å². The van der Waals surface area contributed by atoms with Crippen molar-refractivity contribution in [3.8, 4) is 0 Å². The van der Waals surface area contributed by atoms with E-state index in [1.54, 1.807) is 0 Å². The molecule has 1 saturated heterocycles. The molecule has 0 N–H and O–H groups in total. The molecule has 2 unspecified atom stereocenters. The molecule has 1 heterocycles. The second kappa shape index (κ2) is 4.21. The monoisotopic (exact) mass is 261 g/mol. The topological polar surface area (TPSA) is 20.3 Å². The van der Waals surface area contributed by atoms with Gasteiger partial charge in [0.1, 0.15) is 0 Å². The van der Waals surface area contributed by atoms with E-state index in [4.69, 9.17) is 0 Å². The molecule has 1 fully saturated rings. The van der Waals surface area contributed by atoms with E-state index in [1.807, 2.05) is 18.7 Å².